The maximum absolute atomic E-state index is 13.9. The highest BCUT2D eigenvalue weighted by atomic mass is 28.3. The Morgan fingerprint density at radius 3 is 2.34 bits per heavy atom. The first kappa shape index (κ1) is 18.5. The van der Waals surface area contributed by atoms with Gasteiger partial charge in [-0.3, -0.25) is 9.59 Å². The number of cyclic esters (lactones) is 1. The van der Waals surface area contributed by atoms with E-state index in [1.165, 1.54) is 4.90 Å². The van der Waals surface area contributed by atoms with Crippen molar-refractivity contribution in [3.8, 4) is 0 Å². The number of rotatable bonds is 3. The van der Waals surface area contributed by atoms with Crippen LogP contribution in [0.25, 0.3) is 0 Å². The van der Waals surface area contributed by atoms with Crippen molar-refractivity contribution < 1.29 is 19.1 Å². The molecule has 3 aliphatic carbocycles. The Morgan fingerprint density at radius 1 is 1.03 bits per heavy atom. The number of Topliss-reactive ketones (excluding diaryl/α,β-unsaturated/α-hetero) is 1. The first-order chi connectivity index (χ1) is 13.8. The van der Waals surface area contributed by atoms with Crippen LogP contribution in [0.5, 0.6) is 0 Å². The Labute approximate surface area is 171 Å². The number of carbonyl (C=O) groups excluding carboxylic acids is 3. The Kier molecular flexibility index (Phi) is 4.00. The summed E-state index contributed by atoms with van der Waals surface area (Å²) < 4.78 is 5.29. The van der Waals surface area contributed by atoms with E-state index in [0.717, 1.165) is 17.2 Å². The van der Waals surface area contributed by atoms with Crippen LogP contribution in [-0.2, 0) is 14.3 Å². The van der Waals surface area contributed by atoms with E-state index in [2.05, 4.69) is 31.8 Å². The smallest absolute Gasteiger partial charge is 0.417 e. The van der Waals surface area contributed by atoms with Gasteiger partial charge in [0, 0.05) is 17.4 Å². The van der Waals surface area contributed by atoms with E-state index in [1.54, 1.807) is 0 Å². The fraction of sp³-hybridized carbons (Fsp3) is 0.435. The Balaban J connectivity index is 1.61. The maximum Gasteiger partial charge on any atom is 0.417 e. The molecular weight excluding hydrogens is 382 g/mol. The number of ether oxygens (including phenoxy) is 1. The largest absolute Gasteiger partial charge is 0.446 e. The monoisotopic (exact) mass is 407 g/mol. The molecule has 1 saturated heterocycles. The molecule has 0 radical (unpaired) electrons. The molecule has 2 amide bonds. The highest BCUT2D eigenvalue weighted by Crippen LogP contribution is 2.57. The number of hydrogen-bond donors (Lipinski definition) is 0. The molecular formula is C23H25NO4Si. The van der Waals surface area contributed by atoms with E-state index in [4.69, 9.17) is 4.74 Å². The summed E-state index contributed by atoms with van der Waals surface area (Å²) in [5.74, 6) is 0.0648. The Bertz CT molecular complexity index is 974. The number of allylic oxidation sites excluding steroid dienone is 3. The molecule has 0 N–H and O–H groups in total. The van der Waals surface area contributed by atoms with Crippen molar-refractivity contribution in [1.82, 2.24) is 4.90 Å². The number of carbonyl (C=O) groups is 3. The summed E-state index contributed by atoms with van der Waals surface area (Å²) in [6.07, 6.45) is 4.64. The van der Waals surface area contributed by atoms with E-state index in [9.17, 15) is 14.4 Å². The molecule has 0 unspecified atom stereocenters. The van der Waals surface area contributed by atoms with Crippen molar-refractivity contribution in [2.24, 2.45) is 23.7 Å². The summed E-state index contributed by atoms with van der Waals surface area (Å²) in [5.41, 5.74) is 1.48. The minimum atomic E-state index is -2.08. The molecule has 0 aromatic heterocycles. The fourth-order valence-corrected chi connectivity index (χ4v) is 7.75. The van der Waals surface area contributed by atoms with Gasteiger partial charge >= 0.3 is 6.09 Å². The minimum Gasteiger partial charge on any atom is -0.446 e. The van der Waals surface area contributed by atoms with Gasteiger partial charge in [-0.25, -0.2) is 9.69 Å². The lowest BCUT2D eigenvalue weighted by Gasteiger charge is -2.27. The van der Waals surface area contributed by atoms with Gasteiger partial charge in [-0.1, -0.05) is 62.1 Å². The molecule has 1 aliphatic heterocycles. The molecule has 2 fully saturated rings. The number of fused-ring (bicyclic) bond motifs is 5. The molecule has 29 heavy (non-hydrogen) atoms. The first-order valence-corrected chi connectivity index (χ1v) is 13.8. The average Bonchev–Trinajstić information content (AvgIpc) is 3.42. The number of amides is 2. The zero-order valence-electron chi connectivity index (χ0n) is 16.9. The van der Waals surface area contributed by atoms with Gasteiger partial charge in [-0.2, -0.15) is 0 Å². The van der Waals surface area contributed by atoms with Gasteiger partial charge in [0.1, 0.15) is 12.6 Å². The van der Waals surface area contributed by atoms with E-state index >= 15 is 0 Å². The quantitative estimate of drug-likeness (QED) is 0.563. The molecule has 6 heteroatoms. The molecule has 150 valence electrons. The SMILES string of the molecule is C[Si](C)(C)C1=C(C(=O)N2C(=O)OC[C@@H]2c2ccccc2)[C@@H]2[C@H](C1=O)[C@H]1C=C[C@@H]2C1. The van der Waals surface area contributed by atoms with E-state index in [0.29, 0.717) is 5.57 Å². The summed E-state index contributed by atoms with van der Waals surface area (Å²) >= 11 is 0. The van der Waals surface area contributed by atoms with Crippen LogP contribution in [-0.4, -0.2) is 37.4 Å². The van der Waals surface area contributed by atoms with Gasteiger partial charge in [-0.15, -0.1) is 0 Å². The number of nitrogens with zero attached hydrogens (tertiary/aromatic N) is 1. The van der Waals surface area contributed by atoms with Crippen molar-refractivity contribution in [1.29, 1.82) is 0 Å². The van der Waals surface area contributed by atoms with Crippen LogP contribution in [0.15, 0.2) is 53.3 Å². The van der Waals surface area contributed by atoms with Crippen molar-refractivity contribution >= 4 is 25.9 Å². The molecule has 5 atom stereocenters. The van der Waals surface area contributed by atoms with Crippen molar-refractivity contribution in [3.05, 3.63) is 58.8 Å². The molecule has 4 aliphatic rings. The van der Waals surface area contributed by atoms with Gasteiger partial charge in [-0.05, 0) is 29.0 Å². The third-order valence-electron chi connectivity index (χ3n) is 6.87. The molecule has 5 nitrogen and oxygen atoms in total. The Hall–Kier alpha value is -2.47. The molecule has 0 spiro atoms. The molecule has 1 aromatic carbocycles. The van der Waals surface area contributed by atoms with Gasteiger partial charge in [0.15, 0.2) is 5.78 Å². The Morgan fingerprint density at radius 2 is 1.69 bits per heavy atom. The molecule has 1 aromatic rings. The summed E-state index contributed by atoms with van der Waals surface area (Å²) in [4.78, 5) is 41.2. The van der Waals surface area contributed by atoms with E-state index < -0.39 is 20.2 Å². The van der Waals surface area contributed by atoms with Crippen molar-refractivity contribution in [2.45, 2.75) is 32.1 Å². The van der Waals surface area contributed by atoms with Gasteiger partial charge < -0.3 is 4.74 Å². The minimum absolute atomic E-state index is 0.0865. The number of hydrogen-bond acceptors (Lipinski definition) is 4. The van der Waals surface area contributed by atoms with Gasteiger partial charge in [0.2, 0.25) is 0 Å². The molecule has 1 saturated carbocycles. The number of benzene rings is 1. The fourth-order valence-electron chi connectivity index (χ4n) is 5.76. The predicted molar refractivity (Wildman–Crippen MR) is 110 cm³/mol. The lowest BCUT2D eigenvalue weighted by molar-refractivity contribution is -0.126. The zero-order chi connectivity index (χ0) is 20.5. The predicted octanol–water partition coefficient (Wildman–Crippen LogP) is 3.90. The van der Waals surface area contributed by atoms with Crippen molar-refractivity contribution in [2.75, 3.05) is 6.61 Å². The lowest BCUT2D eigenvalue weighted by atomic mass is 9.81. The summed E-state index contributed by atoms with van der Waals surface area (Å²) in [5, 5.41) is 0.738. The molecule has 5 rings (SSSR count). The standard InChI is InChI=1S/C23H25NO4Si/c1-29(2,3)21-19(17-14-9-10-15(11-14)18(17)20(21)25)22(26)24-16(12-28-23(24)27)13-7-5-4-6-8-13/h4-10,14-18H,11-12H2,1-3H3/t14-,15+,16-,17+,18-/m1/s1. The van der Waals surface area contributed by atoms with Crippen LogP contribution in [0.2, 0.25) is 19.6 Å². The van der Waals surface area contributed by atoms with Gasteiger partial charge in [0.25, 0.3) is 5.91 Å². The number of imide groups is 1. The zero-order valence-corrected chi connectivity index (χ0v) is 17.9. The van der Waals surface area contributed by atoms with Crippen LogP contribution in [0.1, 0.15) is 18.0 Å². The van der Waals surface area contributed by atoms with Crippen LogP contribution < -0.4 is 0 Å². The average molecular weight is 408 g/mol. The third kappa shape index (κ3) is 2.61. The lowest BCUT2D eigenvalue weighted by Crippen LogP contribution is -2.39. The summed E-state index contributed by atoms with van der Waals surface area (Å²) in [6.45, 7) is 6.49. The summed E-state index contributed by atoms with van der Waals surface area (Å²) in [6, 6.07) is 9.05. The third-order valence-corrected chi connectivity index (χ3v) is 8.88. The molecule has 1 heterocycles. The van der Waals surface area contributed by atoms with Crippen molar-refractivity contribution in [3.63, 3.8) is 0 Å². The van der Waals surface area contributed by atoms with Crippen LogP contribution in [0, 0.1) is 23.7 Å². The highest BCUT2D eigenvalue weighted by Gasteiger charge is 2.59. The molecule has 2 bridgehead atoms. The van der Waals surface area contributed by atoms with E-state index in [-0.39, 0.29) is 42.0 Å². The number of ketones is 1. The van der Waals surface area contributed by atoms with E-state index in [1.807, 2.05) is 30.3 Å². The van der Waals surface area contributed by atoms with Crippen LogP contribution in [0.3, 0.4) is 0 Å². The highest BCUT2D eigenvalue weighted by molar-refractivity contribution is 6.88. The maximum atomic E-state index is 13.9. The normalized spacial score (nSPS) is 32.9. The summed E-state index contributed by atoms with van der Waals surface area (Å²) in [7, 11) is -2.08. The second-order valence-electron chi connectivity index (χ2n) is 9.58. The first-order valence-electron chi connectivity index (χ1n) is 10.3. The van der Waals surface area contributed by atoms with Crippen LogP contribution >= 0.6 is 0 Å². The second kappa shape index (κ2) is 6.26. The second-order valence-corrected chi connectivity index (χ2v) is 14.6. The topological polar surface area (TPSA) is 63.7 Å². The van der Waals surface area contributed by atoms with Crippen LogP contribution in [0.4, 0.5) is 4.79 Å². The van der Waals surface area contributed by atoms with Gasteiger partial charge in [0.05, 0.1) is 8.07 Å².